The van der Waals surface area contributed by atoms with Crippen LogP contribution in [-0.4, -0.2) is 55.9 Å². The van der Waals surface area contributed by atoms with Crippen LogP contribution in [0.25, 0.3) is 22.0 Å². The largest absolute Gasteiger partial charge is 0.495 e. The minimum atomic E-state index is -0.278. The molecule has 1 aromatic heterocycles. The van der Waals surface area contributed by atoms with E-state index in [2.05, 4.69) is 34.1 Å². The highest BCUT2D eigenvalue weighted by molar-refractivity contribution is 6.41. The lowest BCUT2D eigenvalue weighted by Crippen LogP contribution is -2.49. The number of halogens is 2. The van der Waals surface area contributed by atoms with Gasteiger partial charge < -0.3 is 24.8 Å². The maximum atomic E-state index is 11.9. The van der Waals surface area contributed by atoms with Gasteiger partial charge in [0.05, 0.1) is 49.0 Å². The van der Waals surface area contributed by atoms with Gasteiger partial charge in [-0.1, -0.05) is 42.8 Å². The van der Waals surface area contributed by atoms with Crippen LogP contribution in [0.1, 0.15) is 13.3 Å². The topological polar surface area (TPSA) is 94.6 Å². The van der Waals surface area contributed by atoms with Gasteiger partial charge in [-0.15, -0.1) is 0 Å². The lowest BCUT2D eigenvalue weighted by Gasteiger charge is -2.33. The average Bonchev–Trinajstić information content (AvgIpc) is 3.29. The third-order valence-corrected chi connectivity index (χ3v) is 7.41. The molecule has 8 nitrogen and oxygen atoms in total. The summed E-state index contributed by atoms with van der Waals surface area (Å²) in [7, 11) is 3.08. The molecular weight excluding hydrogens is 503 g/mol. The number of nitrogens with zero attached hydrogens (tertiary/aromatic N) is 2. The molecule has 0 spiro atoms. The number of hydrogen-bond donors (Lipinski definition) is 2. The number of aromatic nitrogens is 2. The molecule has 0 aliphatic carbocycles. The second kappa shape index (κ2) is 10.9. The highest BCUT2D eigenvalue weighted by Crippen LogP contribution is 2.46. The van der Waals surface area contributed by atoms with Crippen molar-refractivity contribution in [1.29, 1.82) is 0 Å². The molecule has 3 aromatic rings. The van der Waals surface area contributed by atoms with Gasteiger partial charge in [0.1, 0.15) is 11.5 Å². The third-order valence-electron chi connectivity index (χ3n) is 6.66. The molecule has 1 fully saturated rings. The highest BCUT2D eigenvalue weighted by Gasteiger charge is 2.43. The number of fused-ring (bicyclic) bond motifs is 1. The summed E-state index contributed by atoms with van der Waals surface area (Å²) in [6.45, 7) is 7.14. The van der Waals surface area contributed by atoms with Gasteiger partial charge in [0, 0.05) is 35.2 Å². The van der Waals surface area contributed by atoms with E-state index >= 15 is 0 Å². The number of amides is 1. The Morgan fingerprint density at radius 2 is 1.97 bits per heavy atom. The van der Waals surface area contributed by atoms with Crippen molar-refractivity contribution in [3.05, 3.63) is 53.2 Å². The number of rotatable bonds is 9. The van der Waals surface area contributed by atoms with Gasteiger partial charge in [-0.3, -0.25) is 4.79 Å². The fourth-order valence-corrected chi connectivity index (χ4v) is 5.12. The molecule has 2 heterocycles. The zero-order valence-electron chi connectivity index (χ0n) is 20.4. The first-order chi connectivity index (χ1) is 17.4. The van der Waals surface area contributed by atoms with Crippen LogP contribution in [0.4, 0.5) is 5.95 Å². The molecule has 2 N–H and O–H groups in total. The summed E-state index contributed by atoms with van der Waals surface area (Å²) in [4.78, 5) is 21.0. The molecule has 36 heavy (non-hydrogen) atoms. The summed E-state index contributed by atoms with van der Waals surface area (Å²) in [5.41, 5.74) is 1.87. The quantitative estimate of drug-likeness (QED) is 0.370. The molecule has 0 bridgehead atoms. The number of hydrogen-bond acceptors (Lipinski definition) is 7. The van der Waals surface area contributed by atoms with Crippen LogP contribution >= 0.6 is 23.2 Å². The van der Waals surface area contributed by atoms with Crippen molar-refractivity contribution in [3.8, 4) is 22.6 Å². The fourth-order valence-electron chi connectivity index (χ4n) is 4.40. The Balaban J connectivity index is 1.59. The number of methoxy groups -OCH3 is 2. The third kappa shape index (κ3) is 4.93. The minimum absolute atomic E-state index is 0.127. The summed E-state index contributed by atoms with van der Waals surface area (Å²) < 4.78 is 16.5. The number of carbonyl (C=O) groups excluding carboxylic acids is 1. The van der Waals surface area contributed by atoms with Crippen LogP contribution in [0.3, 0.4) is 0 Å². The van der Waals surface area contributed by atoms with Gasteiger partial charge in [0.15, 0.2) is 0 Å². The van der Waals surface area contributed by atoms with Gasteiger partial charge >= 0.3 is 0 Å². The summed E-state index contributed by atoms with van der Waals surface area (Å²) in [5.74, 6) is 1.21. The van der Waals surface area contributed by atoms with Crippen molar-refractivity contribution in [2.75, 3.05) is 39.3 Å². The van der Waals surface area contributed by atoms with Gasteiger partial charge in [0.25, 0.3) is 0 Å². The van der Waals surface area contributed by atoms with Gasteiger partial charge in [0.2, 0.25) is 11.9 Å². The van der Waals surface area contributed by atoms with E-state index in [1.54, 1.807) is 12.3 Å². The van der Waals surface area contributed by atoms with Crippen LogP contribution in [0.2, 0.25) is 10.0 Å². The summed E-state index contributed by atoms with van der Waals surface area (Å²) in [6, 6.07) is 7.23. The summed E-state index contributed by atoms with van der Waals surface area (Å²) in [6.07, 6.45) is 3.83. The molecule has 10 heteroatoms. The number of benzene rings is 2. The molecule has 1 saturated heterocycles. The molecule has 2 atom stereocenters. The molecule has 190 valence electrons. The Morgan fingerprint density at radius 3 is 2.61 bits per heavy atom. The first-order valence-electron chi connectivity index (χ1n) is 11.5. The van der Waals surface area contributed by atoms with E-state index in [0.29, 0.717) is 52.8 Å². The van der Waals surface area contributed by atoms with Crippen molar-refractivity contribution in [3.63, 3.8) is 0 Å². The number of anilines is 1. The monoisotopic (exact) mass is 530 g/mol. The highest BCUT2D eigenvalue weighted by atomic mass is 35.5. The van der Waals surface area contributed by atoms with Gasteiger partial charge in [-0.25, -0.2) is 9.97 Å². The number of nitrogens with one attached hydrogen (secondary N) is 2. The van der Waals surface area contributed by atoms with Crippen LogP contribution in [0, 0.1) is 5.41 Å². The summed E-state index contributed by atoms with van der Waals surface area (Å²) >= 11 is 13.2. The maximum Gasteiger partial charge on any atom is 0.243 e. The molecule has 1 amide bonds. The van der Waals surface area contributed by atoms with E-state index in [1.165, 1.54) is 20.3 Å². The standard InChI is InChI=1S/C26H28Cl2N4O4/c1-5-21(33)32-20-12-36-14-26(20,6-2)13-30-25-29-11-16-9-15(7-8-17(16)31-25)22-23(27)18(34-3)10-19(35-4)24(22)28/h5,7-11,20H,1,6,12-14H2,2-4H3,(H,32,33)(H,29,30,31)/t20-,26-/m0/s1. The number of ether oxygens (including phenoxy) is 3. The molecule has 1 aliphatic heterocycles. The molecule has 2 aromatic carbocycles. The molecule has 0 unspecified atom stereocenters. The van der Waals surface area contributed by atoms with E-state index < -0.39 is 0 Å². The Labute approximate surface area is 220 Å². The van der Waals surface area contributed by atoms with E-state index in [4.69, 9.17) is 37.4 Å². The van der Waals surface area contributed by atoms with Crippen LogP contribution in [-0.2, 0) is 9.53 Å². The number of carbonyl (C=O) groups is 1. The first kappa shape index (κ1) is 26.0. The lowest BCUT2D eigenvalue weighted by atomic mass is 9.80. The van der Waals surface area contributed by atoms with Gasteiger partial charge in [-0.2, -0.15) is 0 Å². The van der Waals surface area contributed by atoms with Crippen molar-refractivity contribution < 1.29 is 19.0 Å². The lowest BCUT2D eigenvalue weighted by molar-refractivity contribution is -0.117. The summed E-state index contributed by atoms with van der Waals surface area (Å²) in [5, 5.41) is 7.91. The maximum absolute atomic E-state index is 11.9. The first-order valence-corrected chi connectivity index (χ1v) is 12.2. The Hall–Kier alpha value is -3.07. The van der Waals surface area contributed by atoms with Crippen LogP contribution in [0.5, 0.6) is 11.5 Å². The smallest absolute Gasteiger partial charge is 0.243 e. The van der Waals surface area contributed by atoms with E-state index in [-0.39, 0.29) is 17.4 Å². The molecule has 0 radical (unpaired) electrons. The van der Waals surface area contributed by atoms with E-state index in [9.17, 15) is 4.79 Å². The van der Waals surface area contributed by atoms with Crippen molar-refractivity contribution in [1.82, 2.24) is 15.3 Å². The normalized spacial score (nSPS) is 19.2. The van der Waals surface area contributed by atoms with Crippen LogP contribution < -0.4 is 20.1 Å². The van der Waals surface area contributed by atoms with E-state index in [1.807, 2.05) is 18.2 Å². The predicted molar refractivity (Wildman–Crippen MR) is 142 cm³/mol. The molecule has 0 saturated carbocycles. The van der Waals surface area contributed by atoms with Gasteiger partial charge in [-0.05, 0) is 30.2 Å². The molecule has 4 rings (SSSR count). The van der Waals surface area contributed by atoms with Crippen molar-refractivity contribution in [2.45, 2.75) is 19.4 Å². The van der Waals surface area contributed by atoms with Crippen molar-refractivity contribution in [2.24, 2.45) is 5.41 Å². The predicted octanol–water partition coefficient (Wildman–Crippen LogP) is 5.13. The Kier molecular flexibility index (Phi) is 7.88. The second-order valence-electron chi connectivity index (χ2n) is 8.60. The van der Waals surface area contributed by atoms with Crippen LogP contribution in [0.15, 0.2) is 43.1 Å². The molecule has 1 aliphatic rings. The SMILES string of the molecule is C=CC(=O)N[C@H]1COC[C@]1(CC)CNc1ncc2cc(-c3c(Cl)c(OC)cc(OC)c3Cl)ccc2n1. The van der Waals surface area contributed by atoms with Crippen molar-refractivity contribution >= 4 is 46.0 Å². The Morgan fingerprint density at radius 1 is 1.25 bits per heavy atom. The fraction of sp³-hybridized carbons (Fsp3) is 0.346. The van der Waals surface area contributed by atoms with E-state index in [0.717, 1.165) is 22.9 Å². The Bertz CT molecular complexity index is 1270. The average molecular weight is 531 g/mol. The second-order valence-corrected chi connectivity index (χ2v) is 9.36. The minimum Gasteiger partial charge on any atom is -0.495 e. The zero-order chi connectivity index (χ0) is 25.9. The zero-order valence-corrected chi connectivity index (χ0v) is 21.9. The molecular formula is C26H28Cl2N4O4.